The third kappa shape index (κ3) is 3.89. The number of nitrogens with two attached hydrogens (primary N) is 1. The van der Waals surface area contributed by atoms with E-state index < -0.39 is 0 Å². The van der Waals surface area contributed by atoms with Gasteiger partial charge in [-0.25, -0.2) is 0 Å². The molecule has 0 aliphatic rings. The summed E-state index contributed by atoms with van der Waals surface area (Å²) < 4.78 is 0. The van der Waals surface area contributed by atoms with Crippen LogP contribution in [0.1, 0.15) is 29.2 Å². The monoisotopic (exact) mass is 350 g/mol. The molecule has 0 radical (unpaired) electrons. The lowest BCUT2D eigenvalue weighted by atomic mass is 9.92. The van der Waals surface area contributed by atoms with E-state index in [0.717, 1.165) is 27.8 Å². The van der Waals surface area contributed by atoms with Crippen molar-refractivity contribution >= 4 is 21.9 Å². The molecule has 2 heteroatoms. The van der Waals surface area contributed by atoms with Crippen molar-refractivity contribution in [2.45, 2.75) is 13.5 Å². The Balaban J connectivity index is 2.11. The summed E-state index contributed by atoms with van der Waals surface area (Å²) in [6.45, 7) is 6.53. The van der Waals surface area contributed by atoms with Crippen LogP contribution in [0.5, 0.6) is 0 Å². The molecule has 3 rings (SSSR count). The maximum Gasteiger partial charge on any atom is 0.0991 e. The van der Waals surface area contributed by atoms with Crippen LogP contribution in [0, 0.1) is 11.3 Å². The minimum Gasteiger partial charge on any atom is -0.326 e. The van der Waals surface area contributed by atoms with E-state index in [2.05, 4.69) is 49.1 Å². The number of allylic oxidation sites excluding steroid dienone is 5. The van der Waals surface area contributed by atoms with Crippen molar-refractivity contribution in [1.82, 2.24) is 0 Å². The minimum absolute atomic E-state index is 0.470. The lowest BCUT2D eigenvalue weighted by Gasteiger charge is -2.13. The van der Waals surface area contributed by atoms with Crippen LogP contribution in [-0.2, 0) is 6.54 Å². The first-order chi connectivity index (χ1) is 13.2. The van der Waals surface area contributed by atoms with Crippen molar-refractivity contribution in [2.24, 2.45) is 5.73 Å². The quantitative estimate of drug-likeness (QED) is 0.587. The molecule has 0 unspecified atom stereocenters. The van der Waals surface area contributed by atoms with Gasteiger partial charge in [-0.1, -0.05) is 73.3 Å². The molecule has 3 aromatic rings. The molecule has 0 aromatic heterocycles. The highest BCUT2D eigenvalue weighted by Crippen LogP contribution is 2.30. The van der Waals surface area contributed by atoms with Crippen molar-refractivity contribution in [1.29, 1.82) is 5.26 Å². The van der Waals surface area contributed by atoms with Crippen LogP contribution in [0.3, 0.4) is 0 Å². The number of nitriles is 1. The molecule has 0 amide bonds. The van der Waals surface area contributed by atoms with E-state index in [1.54, 1.807) is 0 Å². The summed E-state index contributed by atoms with van der Waals surface area (Å²) >= 11 is 0. The maximum atomic E-state index is 9.10. The van der Waals surface area contributed by atoms with Gasteiger partial charge in [-0.3, -0.25) is 0 Å². The summed E-state index contributed by atoms with van der Waals surface area (Å²) in [7, 11) is 0. The molecule has 0 aliphatic carbocycles. The van der Waals surface area contributed by atoms with Crippen LogP contribution in [0.15, 0.2) is 85.5 Å². The predicted octanol–water partition coefficient (Wildman–Crippen LogP) is 5.84. The largest absolute Gasteiger partial charge is 0.326 e. The van der Waals surface area contributed by atoms with E-state index in [-0.39, 0.29) is 0 Å². The zero-order chi connectivity index (χ0) is 19.2. The fourth-order valence-corrected chi connectivity index (χ4v) is 3.23. The van der Waals surface area contributed by atoms with E-state index in [0.29, 0.717) is 12.1 Å². The highest BCUT2D eigenvalue weighted by Gasteiger charge is 2.09. The Hall–Kier alpha value is -3.41. The zero-order valence-corrected chi connectivity index (χ0v) is 15.4. The van der Waals surface area contributed by atoms with Gasteiger partial charge in [0.2, 0.25) is 0 Å². The molecule has 0 fully saturated rings. The number of nitrogens with zero attached hydrogens (tertiary/aromatic N) is 1. The van der Waals surface area contributed by atoms with Gasteiger partial charge in [-0.2, -0.15) is 5.26 Å². The topological polar surface area (TPSA) is 49.8 Å². The van der Waals surface area contributed by atoms with Crippen molar-refractivity contribution in [3.63, 3.8) is 0 Å². The van der Waals surface area contributed by atoms with Gasteiger partial charge in [0, 0.05) is 6.54 Å². The van der Waals surface area contributed by atoms with E-state index in [9.17, 15) is 0 Å². The number of hydrogen-bond donors (Lipinski definition) is 1. The first-order valence-corrected chi connectivity index (χ1v) is 8.90. The minimum atomic E-state index is 0.470. The Morgan fingerprint density at radius 1 is 1.07 bits per heavy atom. The molecule has 0 heterocycles. The summed E-state index contributed by atoms with van der Waals surface area (Å²) in [5, 5.41) is 11.5. The second kappa shape index (κ2) is 8.31. The SMILES string of the molecule is C=C/C(=C\C=C(/C)c1cccc(C#N)c1)c1c(CN)ccc2ccccc12. The van der Waals surface area contributed by atoms with E-state index in [1.807, 2.05) is 49.4 Å². The Bertz CT molecular complexity index is 1090. The second-order valence-corrected chi connectivity index (χ2v) is 6.39. The van der Waals surface area contributed by atoms with Crippen LogP contribution in [0.2, 0.25) is 0 Å². The van der Waals surface area contributed by atoms with Gasteiger partial charge in [0.05, 0.1) is 11.6 Å². The first-order valence-electron chi connectivity index (χ1n) is 8.90. The standard InChI is InChI=1S/C25H22N2/c1-3-20(12-11-18(2)22-9-6-7-19(15-22)16-26)25-23(17-27)14-13-21-8-4-5-10-24(21)25/h3-15H,1,17,27H2,2H3/b18-11+,20-12+. The highest BCUT2D eigenvalue weighted by atomic mass is 14.5. The van der Waals surface area contributed by atoms with Gasteiger partial charge in [0.25, 0.3) is 0 Å². The second-order valence-electron chi connectivity index (χ2n) is 6.39. The molecule has 132 valence electrons. The van der Waals surface area contributed by atoms with Crippen molar-refractivity contribution in [3.8, 4) is 6.07 Å². The van der Waals surface area contributed by atoms with Gasteiger partial charge in [0.1, 0.15) is 0 Å². The number of fused-ring (bicyclic) bond motifs is 1. The zero-order valence-electron chi connectivity index (χ0n) is 15.4. The fourth-order valence-electron chi connectivity index (χ4n) is 3.23. The first kappa shape index (κ1) is 18.4. The Morgan fingerprint density at radius 3 is 2.63 bits per heavy atom. The van der Waals surface area contributed by atoms with Crippen LogP contribution in [0.25, 0.3) is 21.9 Å². The summed E-state index contributed by atoms with van der Waals surface area (Å²) in [4.78, 5) is 0. The van der Waals surface area contributed by atoms with E-state index in [4.69, 9.17) is 11.0 Å². The molecule has 0 atom stereocenters. The van der Waals surface area contributed by atoms with Crippen LogP contribution < -0.4 is 5.73 Å². The Morgan fingerprint density at radius 2 is 1.89 bits per heavy atom. The molecule has 0 spiro atoms. The lowest BCUT2D eigenvalue weighted by Crippen LogP contribution is -2.01. The van der Waals surface area contributed by atoms with Crippen LogP contribution in [0.4, 0.5) is 0 Å². The number of hydrogen-bond acceptors (Lipinski definition) is 2. The van der Waals surface area contributed by atoms with E-state index >= 15 is 0 Å². The number of rotatable bonds is 5. The summed E-state index contributed by atoms with van der Waals surface area (Å²) in [5.41, 5.74) is 12.0. The average Bonchev–Trinajstić information content (AvgIpc) is 2.73. The molecular weight excluding hydrogens is 328 g/mol. The lowest BCUT2D eigenvalue weighted by molar-refractivity contribution is 1.07. The average molecular weight is 350 g/mol. The van der Waals surface area contributed by atoms with Crippen LogP contribution >= 0.6 is 0 Å². The molecule has 0 saturated heterocycles. The molecule has 0 saturated carbocycles. The molecular formula is C25H22N2. The van der Waals surface area contributed by atoms with Gasteiger partial charge in [-0.05, 0) is 57.7 Å². The molecule has 2 N–H and O–H groups in total. The molecule has 3 aromatic carbocycles. The Labute approximate surface area is 160 Å². The van der Waals surface area contributed by atoms with Gasteiger partial charge >= 0.3 is 0 Å². The van der Waals surface area contributed by atoms with E-state index in [1.165, 1.54) is 10.8 Å². The molecule has 0 aliphatic heterocycles. The van der Waals surface area contributed by atoms with Gasteiger partial charge < -0.3 is 5.73 Å². The van der Waals surface area contributed by atoms with Gasteiger partial charge in [0.15, 0.2) is 0 Å². The summed E-state index contributed by atoms with van der Waals surface area (Å²) in [6.07, 6.45) is 6.01. The predicted molar refractivity (Wildman–Crippen MR) is 115 cm³/mol. The highest BCUT2D eigenvalue weighted by molar-refractivity contribution is 5.98. The molecule has 0 bridgehead atoms. The van der Waals surface area contributed by atoms with Crippen molar-refractivity contribution in [2.75, 3.05) is 0 Å². The summed E-state index contributed by atoms with van der Waals surface area (Å²) in [6, 6.07) is 22.3. The fraction of sp³-hybridized carbons (Fsp3) is 0.0800. The maximum absolute atomic E-state index is 9.10. The Kier molecular flexibility index (Phi) is 5.66. The third-order valence-corrected chi connectivity index (χ3v) is 4.70. The molecule has 27 heavy (non-hydrogen) atoms. The van der Waals surface area contributed by atoms with Gasteiger partial charge in [-0.15, -0.1) is 0 Å². The third-order valence-electron chi connectivity index (χ3n) is 4.70. The summed E-state index contributed by atoms with van der Waals surface area (Å²) in [5.74, 6) is 0. The normalized spacial score (nSPS) is 12.0. The smallest absolute Gasteiger partial charge is 0.0991 e. The number of benzene rings is 3. The van der Waals surface area contributed by atoms with Crippen molar-refractivity contribution in [3.05, 3.63) is 108 Å². The van der Waals surface area contributed by atoms with Crippen molar-refractivity contribution < 1.29 is 0 Å². The van der Waals surface area contributed by atoms with Crippen LogP contribution in [-0.4, -0.2) is 0 Å². The molecule has 2 nitrogen and oxygen atoms in total.